The van der Waals surface area contributed by atoms with Crippen LogP contribution in [-0.2, 0) is 17.6 Å². The Morgan fingerprint density at radius 1 is 1.16 bits per heavy atom. The highest BCUT2D eigenvalue weighted by Crippen LogP contribution is 2.40. The Morgan fingerprint density at radius 3 is 2.87 bits per heavy atom. The summed E-state index contributed by atoms with van der Waals surface area (Å²) in [4.78, 5) is 7.54. The number of anilines is 1. The van der Waals surface area contributed by atoms with E-state index in [0.717, 1.165) is 74.4 Å². The Labute approximate surface area is 185 Å². The summed E-state index contributed by atoms with van der Waals surface area (Å²) < 4.78 is 17.5. The Balaban J connectivity index is 1.36. The third-order valence-electron chi connectivity index (χ3n) is 6.96. The van der Waals surface area contributed by atoms with Crippen molar-refractivity contribution in [3.05, 3.63) is 23.4 Å². The molecule has 2 aliphatic heterocycles. The summed E-state index contributed by atoms with van der Waals surface area (Å²) >= 11 is 0. The van der Waals surface area contributed by atoms with E-state index in [1.807, 2.05) is 0 Å². The van der Waals surface area contributed by atoms with Crippen molar-refractivity contribution < 1.29 is 14.2 Å². The molecular formula is C25H35N3O3. The van der Waals surface area contributed by atoms with E-state index in [4.69, 9.17) is 19.2 Å². The largest absolute Gasteiger partial charge is 0.493 e. The number of aryl methyl sites for hydroxylation is 1. The van der Waals surface area contributed by atoms with Gasteiger partial charge in [0, 0.05) is 48.4 Å². The molecule has 1 atom stereocenters. The first kappa shape index (κ1) is 20.8. The SMILES string of the molecule is COc1cc2c(NC[C@@H]3CCOC3)c3c(nc2cc1OCCCN1CCCC1)CCC3. The van der Waals surface area contributed by atoms with E-state index in [0.29, 0.717) is 12.5 Å². The molecule has 31 heavy (non-hydrogen) atoms. The number of hydrogen-bond acceptors (Lipinski definition) is 6. The topological polar surface area (TPSA) is 55.9 Å². The second-order valence-corrected chi connectivity index (χ2v) is 9.15. The average molecular weight is 426 g/mol. The number of pyridine rings is 1. The number of aromatic nitrogens is 1. The van der Waals surface area contributed by atoms with Gasteiger partial charge in [0.2, 0.25) is 0 Å². The van der Waals surface area contributed by atoms with Gasteiger partial charge in [-0.05, 0) is 69.7 Å². The molecular weight excluding hydrogens is 390 g/mol. The Bertz CT molecular complexity index is 905. The lowest BCUT2D eigenvalue weighted by molar-refractivity contribution is 0.187. The van der Waals surface area contributed by atoms with Crippen LogP contribution < -0.4 is 14.8 Å². The van der Waals surface area contributed by atoms with Crippen molar-refractivity contribution in [1.29, 1.82) is 0 Å². The Kier molecular flexibility index (Phi) is 6.46. The number of benzene rings is 1. The lowest BCUT2D eigenvalue weighted by Gasteiger charge is -2.19. The lowest BCUT2D eigenvalue weighted by Crippen LogP contribution is -2.21. The van der Waals surface area contributed by atoms with Gasteiger partial charge in [0.25, 0.3) is 0 Å². The summed E-state index contributed by atoms with van der Waals surface area (Å²) in [5, 5.41) is 4.90. The zero-order valence-electron chi connectivity index (χ0n) is 18.8. The molecule has 2 aromatic rings. The van der Waals surface area contributed by atoms with Crippen molar-refractivity contribution in [2.24, 2.45) is 5.92 Å². The van der Waals surface area contributed by atoms with Gasteiger partial charge in [-0.1, -0.05) is 0 Å². The van der Waals surface area contributed by atoms with Crippen molar-refractivity contribution >= 4 is 16.6 Å². The quantitative estimate of drug-likeness (QED) is 0.612. The monoisotopic (exact) mass is 425 g/mol. The first-order valence-electron chi connectivity index (χ1n) is 12.0. The van der Waals surface area contributed by atoms with Gasteiger partial charge in [0.1, 0.15) is 0 Å². The number of methoxy groups -OCH3 is 1. The minimum atomic E-state index is 0.584. The molecule has 2 saturated heterocycles. The molecule has 0 bridgehead atoms. The smallest absolute Gasteiger partial charge is 0.163 e. The number of rotatable bonds is 9. The third-order valence-corrected chi connectivity index (χ3v) is 6.96. The van der Waals surface area contributed by atoms with Crippen molar-refractivity contribution in [2.45, 2.75) is 44.9 Å². The highest BCUT2D eigenvalue weighted by atomic mass is 16.5. The van der Waals surface area contributed by atoms with Crippen LogP contribution in [0, 0.1) is 5.92 Å². The van der Waals surface area contributed by atoms with Gasteiger partial charge in [0.05, 0.1) is 25.8 Å². The van der Waals surface area contributed by atoms with Crippen LogP contribution in [-0.4, -0.2) is 63.0 Å². The maximum absolute atomic E-state index is 6.17. The summed E-state index contributed by atoms with van der Waals surface area (Å²) in [7, 11) is 1.72. The van der Waals surface area contributed by atoms with Crippen LogP contribution in [0.25, 0.3) is 10.9 Å². The average Bonchev–Trinajstić information content (AvgIpc) is 3.56. The fraction of sp³-hybridized carbons (Fsp3) is 0.640. The maximum Gasteiger partial charge on any atom is 0.163 e. The van der Waals surface area contributed by atoms with Crippen molar-refractivity contribution in [3.8, 4) is 11.5 Å². The van der Waals surface area contributed by atoms with Gasteiger partial charge in [-0.2, -0.15) is 0 Å². The van der Waals surface area contributed by atoms with E-state index in [9.17, 15) is 0 Å². The summed E-state index contributed by atoms with van der Waals surface area (Å²) in [6.45, 7) is 6.97. The number of nitrogens with one attached hydrogen (secondary N) is 1. The molecule has 0 radical (unpaired) electrons. The first-order chi connectivity index (χ1) is 15.3. The molecule has 1 aromatic carbocycles. The number of likely N-dealkylation sites (tertiary alicyclic amines) is 1. The highest BCUT2D eigenvalue weighted by Gasteiger charge is 2.23. The molecule has 6 heteroatoms. The maximum atomic E-state index is 6.17. The van der Waals surface area contributed by atoms with E-state index in [1.54, 1.807) is 7.11 Å². The highest BCUT2D eigenvalue weighted by molar-refractivity contribution is 5.96. The van der Waals surface area contributed by atoms with Gasteiger partial charge in [-0.15, -0.1) is 0 Å². The van der Waals surface area contributed by atoms with Gasteiger partial charge < -0.3 is 24.4 Å². The zero-order valence-corrected chi connectivity index (χ0v) is 18.8. The molecule has 2 fully saturated rings. The Morgan fingerprint density at radius 2 is 2.06 bits per heavy atom. The number of ether oxygens (including phenoxy) is 3. The Hall–Kier alpha value is -2.05. The molecule has 0 saturated carbocycles. The molecule has 0 amide bonds. The normalized spacial score (nSPS) is 21.0. The predicted molar refractivity (Wildman–Crippen MR) is 124 cm³/mol. The second kappa shape index (κ2) is 9.61. The molecule has 0 unspecified atom stereocenters. The van der Waals surface area contributed by atoms with Crippen LogP contribution in [0.2, 0.25) is 0 Å². The summed E-state index contributed by atoms with van der Waals surface area (Å²) in [5.41, 5.74) is 4.86. The van der Waals surface area contributed by atoms with Gasteiger partial charge >= 0.3 is 0 Å². The van der Waals surface area contributed by atoms with Crippen LogP contribution in [0.1, 0.15) is 43.4 Å². The van der Waals surface area contributed by atoms with E-state index < -0.39 is 0 Å². The molecule has 0 spiro atoms. The number of hydrogen-bond donors (Lipinski definition) is 1. The molecule has 3 aliphatic rings. The number of fused-ring (bicyclic) bond motifs is 2. The zero-order chi connectivity index (χ0) is 21.0. The molecule has 5 rings (SSSR count). The fourth-order valence-corrected chi connectivity index (χ4v) is 5.21. The van der Waals surface area contributed by atoms with E-state index in [-0.39, 0.29) is 0 Å². The van der Waals surface area contributed by atoms with Crippen LogP contribution in [0.15, 0.2) is 12.1 Å². The lowest BCUT2D eigenvalue weighted by atomic mass is 10.0. The standard InChI is InChI=1S/C25H35N3O3/c1-29-23-14-20-22(15-24(23)31-12-5-11-28-9-2-3-10-28)27-21-7-4-6-19(21)25(20)26-16-18-8-13-30-17-18/h14-15,18H,2-13,16-17H2,1H3,(H,26,27)/t18-/m0/s1. The second-order valence-electron chi connectivity index (χ2n) is 9.15. The van der Waals surface area contributed by atoms with Crippen molar-refractivity contribution in [1.82, 2.24) is 9.88 Å². The molecule has 6 nitrogen and oxygen atoms in total. The minimum absolute atomic E-state index is 0.584. The van der Waals surface area contributed by atoms with E-state index in [2.05, 4.69) is 22.3 Å². The third kappa shape index (κ3) is 4.60. The van der Waals surface area contributed by atoms with Crippen molar-refractivity contribution in [2.75, 3.05) is 58.4 Å². The van der Waals surface area contributed by atoms with Gasteiger partial charge in [-0.3, -0.25) is 4.98 Å². The summed E-state index contributed by atoms with van der Waals surface area (Å²) in [5.74, 6) is 2.18. The summed E-state index contributed by atoms with van der Waals surface area (Å²) in [6, 6.07) is 4.19. The van der Waals surface area contributed by atoms with Crippen LogP contribution in [0.4, 0.5) is 5.69 Å². The van der Waals surface area contributed by atoms with Gasteiger partial charge in [0.15, 0.2) is 11.5 Å². The molecule has 3 heterocycles. The molecule has 1 aliphatic carbocycles. The molecule has 1 aromatic heterocycles. The van der Waals surface area contributed by atoms with Crippen LogP contribution >= 0.6 is 0 Å². The minimum Gasteiger partial charge on any atom is -0.493 e. The first-order valence-corrected chi connectivity index (χ1v) is 12.0. The van der Waals surface area contributed by atoms with E-state index in [1.165, 1.54) is 49.3 Å². The van der Waals surface area contributed by atoms with E-state index >= 15 is 0 Å². The summed E-state index contributed by atoms with van der Waals surface area (Å²) in [6.07, 6.45) is 8.17. The van der Waals surface area contributed by atoms with Crippen LogP contribution in [0.5, 0.6) is 11.5 Å². The molecule has 1 N–H and O–H groups in total. The predicted octanol–water partition coefficient (Wildman–Crippen LogP) is 4.05. The number of nitrogens with zero attached hydrogens (tertiary/aromatic N) is 2. The fourth-order valence-electron chi connectivity index (χ4n) is 5.21. The molecule has 168 valence electrons. The van der Waals surface area contributed by atoms with Crippen LogP contribution in [0.3, 0.4) is 0 Å². The van der Waals surface area contributed by atoms with Crippen molar-refractivity contribution in [3.63, 3.8) is 0 Å². The van der Waals surface area contributed by atoms with Gasteiger partial charge in [-0.25, -0.2) is 0 Å².